The van der Waals surface area contributed by atoms with E-state index in [1.54, 1.807) is 17.5 Å². The lowest BCUT2D eigenvalue weighted by molar-refractivity contribution is 1.34. The number of aryl methyl sites for hydroxylation is 1. The molecule has 2 aromatic rings. The van der Waals surface area contributed by atoms with E-state index in [4.69, 9.17) is 11.5 Å². The third-order valence-corrected chi connectivity index (χ3v) is 3.02. The lowest BCUT2D eigenvalue weighted by Gasteiger charge is -2.01. The first kappa shape index (κ1) is 9.02. The number of nitrogens with zero attached hydrogens (tertiary/aromatic N) is 1. The van der Waals surface area contributed by atoms with Crippen LogP contribution in [0, 0.1) is 6.92 Å². The molecule has 14 heavy (non-hydrogen) atoms. The van der Waals surface area contributed by atoms with E-state index in [-0.39, 0.29) is 0 Å². The van der Waals surface area contributed by atoms with Crippen molar-refractivity contribution < 1.29 is 0 Å². The molecular weight excluding hydrogens is 194 g/mol. The predicted octanol–water partition coefficient (Wildman–Crippen LogP) is 2.28. The second-order valence-electron chi connectivity index (χ2n) is 3.11. The van der Waals surface area contributed by atoms with Gasteiger partial charge in [-0.2, -0.15) is 0 Å². The Morgan fingerprint density at radius 2 is 2.07 bits per heavy atom. The predicted molar refractivity (Wildman–Crippen MR) is 61.1 cm³/mol. The van der Waals surface area contributed by atoms with Crippen molar-refractivity contribution in [3.05, 3.63) is 29.3 Å². The Bertz CT molecular complexity index is 462. The summed E-state index contributed by atoms with van der Waals surface area (Å²) >= 11 is 1.72. The van der Waals surface area contributed by atoms with Gasteiger partial charge in [-0.15, -0.1) is 11.3 Å². The van der Waals surface area contributed by atoms with Crippen molar-refractivity contribution in [2.45, 2.75) is 6.92 Å². The lowest BCUT2D eigenvalue weighted by atomic mass is 10.2. The highest BCUT2D eigenvalue weighted by molar-refractivity contribution is 7.15. The summed E-state index contributed by atoms with van der Waals surface area (Å²) in [5.74, 6) is 0.391. The molecule has 0 aliphatic heterocycles. The third-order valence-electron chi connectivity index (χ3n) is 1.97. The number of rotatable bonds is 1. The summed E-state index contributed by atoms with van der Waals surface area (Å²) in [6, 6.07) is 5.99. The number of aromatic nitrogens is 1. The molecule has 0 spiro atoms. The van der Waals surface area contributed by atoms with Gasteiger partial charge in [0, 0.05) is 21.5 Å². The van der Waals surface area contributed by atoms with Gasteiger partial charge in [0.15, 0.2) is 0 Å². The van der Waals surface area contributed by atoms with Gasteiger partial charge < -0.3 is 11.5 Å². The van der Waals surface area contributed by atoms with E-state index < -0.39 is 0 Å². The average molecular weight is 205 g/mol. The van der Waals surface area contributed by atoms with Crippen LogP contribution in [0.15, 0.2) is 24.4 Å². The summed E-state index contributed by atoms with van der Waals surface area (Å²) in [5.41, 5.74) is 12.8. The molecule has 0 fully saturated rings. The highest BCUT2D eigenvalue weighted by Gasteiger charge is 2.03. The Hall–Kier alpha value is -1.55. The molecule has 0 aromatic carbocycles. The summed E-state index contributed by atoms with van der Waals surface area (Å²) in [4.78, 5) is 6.47. The number of anilines is 2. The third kappa shape index (κ3) is 1.56. The van der Waals surface area contributed by atoms with Gasteiger partial charge in [0.05, 0.1) is 5.69 Å². The van der Waals surface area contributed by atoms with Crippen molar-refractivity contribution in [3.63, 3.8) is 0 Å². The van der Waals surface area contributed by atoms with E-state index in [1.165, 1.54) is 9.75 Å². The molecule has 0 aliphatic rings. The van der Waals surface area contributed by atoms with Crippen LogP contribution in [0.1, 0.15) is 4.88 Å². The first-order valence-electron chi connectivity index (χ1n) is 4.24. The van der Waals surface area contributed by atoms with Crippen LogP contribution in [-0.2, 0) is 0 Å². The molecule has 3 nitrogen and oxygen atoms in total. The van der Waals surface area contributed by atoms with Crippen LogP contribution in [0.5, 0.6) is 0 Å². The smallest absolute Gasteiger partial charge is 0.146 e. The molecule has 72 valence electrons. The number of hydrogen-bond acceptors (Lipinski definition) is 4. The van der Waals surface area contributed by atoms with Crippen molar-refractivity contribution in [1.82, 2.24) is 4.98 Å². The topological polar surface area (TPSA) is 64.9 Å². The molecule has 0 saturated carbocycles. The van der Waals surface area contributed by atoms with E-state index in [0.29, 0.717) is 11.5 Å². The normalized spacial score (nSPS) is 10.4. The maximum Gasteiger partial charge on any atom is 0.146 e. The second kappa shape index (κ2) is 3.31. The first-order chi connectivity index (χ1) is 6.66. The van der Waals surface area contributed by atoms with Gasteiger partial charge in [-0.1, -0.05) is 0 Å². The lowest BCUT2D eigenvalue weighted by Crippen LogP contribution is -1.97. The molecule has 0 atom stereocenters. The number of nitrogen functional groups attached to an aromatic ring is 2. The molecule has 2 heterocycles. The van der Waals surface area contributed by atoms with Crippen molar-refractivity contribution in [3.8, 4) is 10.4 Å². The summed E-state index contributed by atoms with van der Waals surface area (Å²) in [6.45, 7) is 2.07. The van der Waals surface area contributed by atoms with E-state index in [0.717, 1.165) is 5.56 Å². The Morgan fingerprint density at radius 1 is 1.29 bits per heavy atom. The molecule has 0 amide bonds. The minimum Gasteiger partial charge on any atom is -0.396 e. The van der Waals surface area contributed by atoms with Crippen molar-refractivity contribution in [2.24, 2.45) is 0 Å². The van der Waals surface area contributed by atoms with Crippen LogP contribution in [0.25, 0.3) is 10.4 Å². The Balaban J connectivity index is 2.47. The summed E-state index contributed by atoms with van der Waals surface area (Å²) < 4.78 is 0. The zero-order valence-corrected chi connectivity index (χ0v) is 8.64. The standard InChI is InChI=1S/C10H11N3S/c1-6-2-3-9(14-6)7-4-8(11)10(12)13-5-7/h2-5H,11H2,1H3,(H2,12,13). The van der Waals surface area contributed by atoms with Gasteiger partial charge in [-0.25, -0.2) is 4.98 Å². The molecule has 0 bridgehead atoms. The molecule has 0 saturated heterocycles. The summed E-state index contributed by atoms with van der Waals surface area (Å²) in [5, 5.41) is 0. The molecule has 0 radical (unpaired) electrons. The Labute approximate surface area is 86.4 Å². The quantitative estimate of drug-likeness (QED) is 0.750. The fourth-order valence-electron chi connectivity index (χ4n) is 1.22. The van der Waals surface area contributed by atoms with Crippen LogP contribution in [-0.4, -0.2) is 4.98 Å². The molecular formula is C10H11N3S. The highest BCUT2D eigenvalue weighted by Crippen LogP contribution is 2.29. The maximum absolute atomic E-state index is 5.68. The monoisotopic (exact) mass is 205 g/mol. The number of thiophene rings is 1. The zero-order valence-electron chi connectivity index (χ0n) is 7.82. The summed E-state index contributed by atoms with van der Waals surface area (Å²) in [6.07, 6.45) is 1.75. The number of pyridine rings is 1. The molecule has 0 unspecified atom stereocenters. The fourth-order valence-corrected chi connectivity index (χ4v) is 2.07. The average Bonchev–Trinajstić information content (AvgIpc) is 2.57. The van der Waals surface area contributed by atoms with Gasteiger partial charge in [-0.05, 0) is 25.1 Å². The molecule has 4 heteroatoms. The van der Waals surface area contributed by atoms with E-state index in [2.05, 4.69) is 24.0 Å². The molecule has 2 rings (SSSR count). The number of hydrogen-bond donors (Lipinski definition) is 2. The van der Waals surface area contributed by atoms with Crippen LogP contribution in [0.2, 0.25) is 0 Å². The first-order valence-corrected chi connectivity index (χ1v) is 5.06. The van der Waals surface area contributed by atoms with Crippen LogP contribution in [0.4, 0.5) is 11.5 Å². The van der Waals surface area contributed by atoms with E-state index >= 15 is 0 Å². The van der Waals surface area contributed by atoms with Gasteiger partial charge in [-0.3, -0.25) is 0 Å². The van der Waals surface area contributed by atoms with Crippen molar-refractivity contribution in [1.29, 1.82) is 0 Å². The van der Waals surface area contributed by atoms with Crippen LogP contribution >= 0.6 is 11.3 Å². The number of nitrogens with two attached hydrogens (primary N) is 2. The van der Waals surface area contributed by atoms with Crippen molar-refractivity contribution >= 4 is 22.8 Å². The minimum absolute atomic E-state index is 0.391. The molecule has 2 aromatic heterocycles. The SMILES string of the molecule is Cc1ccc(-c2cnc(N)c(N)c2)s1. The maximum atomic E-state index is 5.68. The minimum atomic E-state index is 0.391. The van der Waals surface area contributed by atoms with Crippen molar-refractivity contribution in [2.75, 3.05) is 11.5 Å². The van der Waals surface area contributed by atoms with Crippen LogP contribution in [0.3, 0.4) is 0 Å². The highest BCUT2D eigenvalue weighted by atomic mass is 32.1. The van der Waals surface area contributed by atoms with Gasteiger partial charge in [0.2, 0.25) is 0 Å². The molecule has 0 aliphatic carbocycles. The van der Waals surface area contributed by atoms with Crippen LogP contribution < -0.4 is 11.5 Å². The van der Waals surface area contributed by atoms with Gasteiger partial charge in [0.1, 0.15) is 5.82 Å². The fraction of sp³-hybridized carbons (Fsp3) is 0.100. The van der Waals surface area contributed by atoms with E-state index in [1.807, 2.05) is 6.07 Å². The Morgan fingerprint density at radius 3 is 2.64 bits per heavy atom. The second-order valence-corrected chi connectivity index (χ2v) is 4.40. The van der Waals surface area contributed by atoms with Gasteiger partial charge >= 0.3 is 0 Å². The van der Waals surface area contributed by atoms with Gasteiger partial charge in [0.25, 0.3) is 0 Å². The van der Waals surface area contributed by atoms with E-state index in [9.17, 15) is 0 Å². The Kier molecular flexibility index (Phi) is 2.13. The summed E-state index contributed by atoms with van der Waals surface area (Å²) in [7, 11) is 0. The largest absolute Gasteiger partial charge is 0.396 e. The molecule has 4 N–H and O–H groups in total. The zero-order chi connectivity index (χ0) is 10.1.